The number of hydrogen-bond acceptors (Lipinski definition) is 6. The first-order valence-corrected chi connectivity index (χ1v) is 8.73. The average Bonchev–Trinajstić information content (AvgIpc) is 2.96. The van der Waals surface area contributed by atoms with Crippen LogP contribution < -0.4 is 4.74 Å². The van der Waals surface area contributed by atoms with E-state index in [4.69, 9.17) is 9.47 Å². The number of para-hydroxylation sites is 2. The van der Waals surface area contributed by atoms with Crippen LogP contribution in [0.2, 0.25) is 0 Å². The number of rotatable bonds is 4. The van der Waals surface area contributed by atoms with E-state index in [0.29, 0.717) is 28.2 Å². The van der Waals surface area contributed by atoms with Crippen molar-refractivity contribution >= 4 is 22.8 Å². The van der Waals surface area contributed by atoms with Gasteiger partial charge in [-0.2, -0.15) is 0 Å². The van der Waals surface area contributed by atoms with Gasteiger partial charge in [0.05, 0.1) is 16.0 Å². The van der Waals surface area contributed by atoms with Gasteiger partial charge < -0.3 is 9.47 Å². The molecule has 0 N–H and O–H groups in total. The lowest BCUT2D eigenvalue weighted by molar-refractivity contribution is -0.385. The van der Waals surface area contributed by atoms with Crippen molar-refractivity contribution in [3.05, 3.63) is 64.0 Å². The third kappa shape index (κ3) is 4.11. The zero-order valence-electron chi connectivity index (χ0n) is 16.1. The van der Waals surface area contributed by atoms with E-state index in [0.717, 1.165) is 0 Å². The summed E-state index contributed by atoms with van der Waals surface area (Å²) in [7, 11) is 0. The molecule has 1 aromatic heterocycles. The second kappa shape index (κ2) is 7.30. The van der Waals surface area contributed by atoms with E-state index in [1.165, 1.54) is 16.7 Å². The third-order valence-corrected chi connectivity index (χ3v) is 3.94. The number of hydrogen-bond donors (Lipinski definition) is 0. The predicted octanol–water partition coefficient (Wildman–Crippen LogP) is 4.62. The molecule has 0 saturated carbocycles. The smallest absolute Gasteiger partial charge is 0.420 e. The van der Waals surface area contributed by atoms with Crippen LogP contribution in [0.4, 0.5) is 10.5 Å². The Morgan fingerprint density at radius 3 is 2.57 bits per heavy atom. The Hall–Kier alpha value is -3.42. The monoisotopic (exact) mass is 383 g/mol. The first-order chi connectivity index (χ1) is 13.2. The topological polar surface area (TPSA) is 96.5 Å². The molecule has 0 unspecified atom stereocenters. The molecule has 0 radical (unpaired) electrons. The van der Waals surface area contributed by atoms with Crippen LogP contribution in [-0.4, -0.2) is 26.2 Å². The number of fused-ring (bicyclic) bond motifs is 1. The molecule has 0 fully saturated rings. The first kappa shape index (κ1) is 19.3. The number of imidazole rings is 1. The van der Waals surface area contributed by atoms with Crippen molar-refractivity contribution < 1.29 is 19.2 Å². The highest BCUT2D eigenvalue weighted by Gasteiger charge is 2.23. The molecule has 0 aliphatic rings. The maximum Gasteiger partial charge on any atom is 0.420 e. The molecule has 8 heteroatoms. The van der Waals surface area contributed by atoms with E-state index in [-0.39, 0.29) is 12.3 Å². The van der Waals surface area contributed by atoms with Gasteiger partial charge in [-0.05, 0) is 52.0 Å². The normalized spacial score (nSPS) is 11.4. The summed E-state index contributed by atoms with van der Waals surface area (Å²) in [6.45, 7) is 7.02. The number of aryl methyl sites for hydroxylation is 1. The molecular formula is C20H21N3O5. The predicted molar refractivity (Wildman–Crippen MR) is 104 cm³/mol. The van der Waals surface area contributed by atoms with Gasteiger partial charge in [0.2, 0.25) is 0 Å². The number of nitro groups is 1. The molecule has 3 rings (SSSR count). The highest BCUT2D eigenvalue weighted by molar-refractivity contribution is 5.87. The van der Waals surface area contributed by atoms with Crippen LogP contribution in [0.15, 0.2) is 42.5 Å². The molecule has 28 heavy (non-hydrogen) atoms. The molecule has 0 aliphatic heterocycles. The van der Waals surface area contributed by atoms with Gasteiger partial charge in [0.25, 0.3) is 5.69 Å². The summed E-state index contributed by atoms with van der Waals surface area (Å²) in [5.74, 6) is 0.831. The van der Waals surface area contributed by atoms with Gasteiger partial charge in [-0.1, -0.05) is 12.1 Å². The fourth-order valence-electron chi connectivity index (χ4n) is 2.75. The van der Waals surface area contributed by atoms with Crippen molar-refractivity contribution in [3.8, 4) is 5.75 Å². The van der Waals surface area contributed by atoms with E-state index >= 15 is 0 Å². The van der Waals surface area contributed by atoms with Crippen LogP contribution in [0, 0.1) is 17.0 Å². The second-order valence-electron chi connectivity index (χ2n) is 7.33. The lowest BCUT2D eigenvalue weighted by Crippen LogP contribution is -2.28. The van der Waals surface area contributed by atoms with Crippen molar-refractivity contribution in [2.75, 3.05) is 0 Å². The minimum atomic E-state index is -0.657. The molecule has 0 aliphatic carbocycles. The van der Waals surface area contributed by atoms with E-state index in [9.17, 15) is 14.9 Å². The zero-order chi connectivity index (χ0) is 20.5. The van der Waals surface area contributed by atoms with Gasteiger partial charge in [0.1, 0.15) is 18.0 Å². The van der Waals surface area contributed by atoms with Crippen molar-refractivity contribution in [3.63, 3.8) is 0 Å². The molecule has 146 valence electrons. The molecule has 0 saturated heterocycles. The summed E-state index contributed by atoms with van der Waals surface area (Å²) in [5.41, 5.74) is 1.12. The summed E-state index contributed by atoms with van der Waals surface area (Å²) in [4.78, 5) is 27.7. The maximum atomic E-state index is 12.7. The number of carbonyl (C=O) groups is 1. The molecule has 8 nitrogen and oxygen atoms in total. The van der Waals surface area contributed by atoms with Crippen molar-refractivity contribution in [1.82, 2.24) is 9.55 Å². The van der Waals surface area contributed by atoms with Gasteiger partial charge in [-0.15, -0.1) is 0 Å². The van der Waals surface area contributed by atoms with Crippen LogP contribution in [-0.2, 0) is 11.3 Å². The molecule has 0 amide bonds. The van der Waals surface area contributed by atoms with Crippen LogP contribution in [0.1, 0.15) is 32.2 Å². The molecular weight excluding hydrogens is 362 g/mol. The fourth-order valence-corrected chi connectivity index (χ4v) is 2.75. The second-order valence-corrected chi connectivity index (χ2v) is 7.33. The number of nitrogens with zero attached hydrogens (tertiary/aromatic N) is 3. The van der Waals surface area contributed by atoms with E-state index < -0.39 is 16.6 Å². The van der Waals surface area contributed by atoms with E-state index in [2.05, 4.69) is 4.98 Å². The fraction of sp³-hybridized carbons (Fsp3) is 0.300. The van der Waals surface area contributed by atoms with Gasteiger partial charge in [0, 0.05) is 11.6 Å². The SMILES string of the molecule is Cc1cc(OCc2nc3ccccc3n2C(=O)OC(C)(C)C)ccc1[N+](=O)[O-]. The summed E-state index contributed by atoms with van der Waals surface area (Å²) in [6.07, 6.45) is -0.542. The van der Waals surface area contributed by atoms with Gasteiger partial charge >= 0.3 is 6.09 Å². The number of benzene rings is 2. The highest BCUT2D eigenvalue weighted by atomic mass is 16.6. The molecule has 0 bridgehead atoms. The van der Waals surface area contributed by atoms with E-state index in [1.807, 2.05) is 12.1 Å². The van der Waals surface area contributed by atoms with Gasteiger partial charge in [-0.3, -0.25) is 10.1 Å². The average molecular weight is 383 g/mol. The quantitative estimate of drug-likeness (QED) is 0.482. The number of carbonyl (C=O) groups excluding carboxylic acids is 1. The lowest BCUT2D eigenvalue weighted by atomic mass is 10.2. The summed E-state index contributed by atoms with van der Waals surface area (Å²) >= 11 is 0. The van der Waals surface area contributed by atoms with Gasteiger partial charge in [-0.25, -0.2) is 14.3 Å². The molecule has 1 heterocycles. The lowest BCUT2D eigenvalue weighted by Gasteiger charge is -2.20. The number of aromatic nitrogens is 2. The van der Waals surface area contributed by atoms with Gasteiger partial charge in [0.15, 0.2) is 5.82 Å². The van der Waals surface area contributed by atoms with Crippen LogP contribution >= 0.6 is 0 Å². The standard InChI is InChI=1S/C20H21N3O5/c1-13-11-14(9-10-16(13)23(25)26)27-12-18-21-15-7-5-6-8-17(15)22(18)19(24)28-20(2,3)4/h5-11H,12H2,1-4H3. The Kier molecular flexibility index (Phi) is 5.04. The van der Waals surface area contributed by atoms with Crippen LogP contribution in [0.3, 0.4) is 0 Å². The van der Waals surface area contributed by atoms with Crippen molar-refractivity contribution in [2.45, 2.75) is 39.9 Å². The third-order valence-electron chi connectivity index (χ3n) is 3.94. The van der Waals surface area contributed by atoms with Crippen molar-refractivity contribution in [2.24, 2.45) is 0 Å². The van der Waals surface area contributed by atoms with Crippen LogP contribution in [0.5, 0.6) is 5.75 Å². The largest absolute Gasteiger partial charge is 0.486 e. The molecule has 0 atom stereocenters. The first-order valence-electron chi connectivity index (χ1n) is 8.73. The Labute approximate surface area is 161 Å². The van der Waals surface area contributed by atoms with Crippen LogP contribution in [0.25, 0.3) is 11.0 Å². The summed E-state index contributed by atoms with van der Waals surface area (Å²) in [5, 5.41) is 10.9. The Morgan fingerprint density at radius 2 is 1.93 bits per heavy atom. The number of nitro benzene ring substituents is 1. The number of ether oxygens (including phenoxy) is 2. The van der Waals surface area contributed by atoms with Crippen molar-refractivity contribution in [1.29, 1.82) is 0 Å². The Bertz CT molecular complexity index is 1050. The molecule has 0 spiro atoms. The minimum Gasteiger partial charge on any atom is -0.486 e. The Balaban J connectivity index is 1.90. The highest BCUT2D eigenvalue weighted by Crippen LogP contribution is 2.25. The zero-order valence-corrected chi connectivity index (χ0v) is 16.1. The van der Waals surface area contributed by atoms with E-state index in [1.54, 1.807) is 45.9 Å². The minimum absolute atomic E-state index is 0.00513. The molecule has 2 aromatic carbocycles. The molecule has 3 aromatic rings. The summed E-state index contributed by atoms with van der Waals surface area (Å²) in [6, 6.07) is 11.7. The maximum absolute atomic E-state index is 12.7. The Morgan fingerprint density at radius 1 is 1.21 bits per heavy atom. The summed E-state index contributed by atoms with van der Waals surface area (Å²) < 4.78 is 12.6.